The van der Waals surface area contributed by atoms with Crippen LogP contribution in [0.1, 0.15) is 22.4 Å². The second kappa shape index (κ2) is 7.47. The lowest BCUT2D eigenvalue weighted by Crippen LogP contribution is -2.28. The van der Waals surface area contributed by atoms with Crippen LogP contribution in [0.5, 0.6) is 0 Å². The van der Waals surface area contributed by atoms with Crippen LogP contribution in [-0.2, 0) is 6.42 Å². The second-order valence-corrected chi connectivity index (χ2v) is 8.13. The molecule has 0 amide bonds. The third-order valence-electron chi connectivity index (χ3n) is 4.18. The van der Waals surface area contributed by atoms with Gasteiger partial charge in [0.1, 0.15) is 5.69 Å². The number of thiazole rings is 1. The highest BCUT2D eigenvalue weighted by molar-refractivity contribution is 7.15. The van der Waals surface area contributed by atoms with E-state index in [1.54, 1.807) is 24.3 Å². The number of halogens is 2. The first-order valence-corrected chi connectivity index (χ1v) is 9.93. The van der Waals surface area contributed by atoms with Gasteiger partial charge in [-0.2, -0.15) is 14.6 Å². The summed E-state index contributed by atoms with van der Waals surface area (Å²) >= 11 is 13.1. The Hall–Kier alpha value is -2.54. The standard InChI is InChI=1S/C20H13Cl2N3O2S/c1-11-2-4-12(5-3-11)9-16-18(26)23-20-25(24-16)19(27)17(28-20)10-13-6-7-14(21)15(22)8-13/h2-8,10H,9H2,1H3/b17-10+. The molecule has 0 bridgehead atoms. The number of aryl methyl sites for hydroxylation is 1. The zero-order valence-corrected chi connectivity index (χ0v) is 17.0. The minimum Gasteiger partial charge on any atom is -0.266 e. The summed E-state index contributed by atoms with van der Waals surface area (Å²) in [5, 5.41) is 5.09. The average Bonchev–Trinajstić information content (AvgIpc) is 2.95. The van der Waals surface area contributed by atoms with E-state index in [-0.39, 0.29) is 16.2 Å². The summed E-state index contributed by atoms with van der Waals surface area (Å²) < 4.78 is 1.59. The quantitative estimate of drug-likeness (QED) is 0.501. The first-order valence-electron chi connectivity index (χ1n) is 8.36. The molecule has 0 aliphatic heterocycles. The number of hydrogen-bond acceptors (Lipinski definition) is 5. The van der Waals surface area contributed by atoms with Crippen LogP contribution in [0, 0.1) is 6.92 Å². The number of fused-ring (bicyclic) bond motifs is 1. The van der Waals surface area contributed by atoms with Crippen LogP contribution in [0.4, 0.5) is 0 Å². The van der Waals surface area contributed by atoms with Crippen molar-refractivity contribution in [2.75, 3.05) is 0 Å². The number of hydrogen-bond donors (Lipinski definition) is 0. The molecule has 4 aromatic rings. The van der Waals surface area contributed by atoms with Crippen molar-refractivity contribution in [2.24, 2.45) is 0 Å². The highest BCUT2D eigenvalue weighted by Crippen LogP contribution is 2.22. The van der Waals surface area contributed by atoms with Gasteiger partial charge >= 0.3 is 0 Å². The minimum absolute atomic E-state index is 0.234. The third kappa shape index (κ3) is 3.71. The van der Waals surface area contributed by atoms with Gasteiger partial charge in [0, 0.05) is 6.42 Å². The van der Waals surface area contributed by atoms with Crippen molar-refractivity contribution < 1.29 is 0 Å². The summed E-state index contributed by atoms with van der Waals surface area (Å²) in [6.07, 6.45) is 1.99. The molecule has 0 saturated heterocycles. The summed E-state index contributed by atoms with van der Waals surface area (Å²) in [5.41, 5.74) is 2.26. The van der Waals surface area contributed by atoms with Crippen molar-refractivity contribution in [3.8, 4) is 0 Å². The molecule has 2 heterocycles. The van der Waals surface area contributed by atoms with Gasteiger partial charge in [-0.3, -0.25) is 9.59 Å². The van der Waals surface area contributed by atoms with Gasteiger partial charge in [-0.15, -0.1) is 0 Å². The van der Waals surface area contributed by atoms with E-state index in [2.05, 4.69) is 10.1 Å². The molecule has 0 saturated carbocycles. The smallest absolute Gasteiger partial charge is 0.266 e. The van der Waals surface area contributed by atoms with Gasteiger partial charge in [-0.05, 0) is 36.3 Å². The van der Waals surface area contributed by atoms with Gasteiger partial charge in [-0.1, -0.05) is 70.4 Å². The fraction of sp³-hybridized carbons (Fsp3) is 0.100. The Balaban J connectivity index is 1.79. The SMILES string of the molecule is Cc1ccc(Cc2nn3c(=O)/c(=C\c4ccc(Cl)c(Cl)c4)sc3nc2=O)cc1. The highest BCUT2D eigenvalue weighted by atomic mass is 35.5. The van der Waals surface area contributed by atoms with Gasteiger partial charge in [-0.25, -0.2) is 0 Å². The molecule has 4 rings (SSSR count). The van der Waals surface area contributed by atoms with Gasteiger partial charge < -0.3 is 0 Å². The van der Waals surface area contributed by atoms with E-state index in [1.807, 2.05) is 31.2 Å². The van der Waals surface area contributed by atoms with Gasteiger partial charge in [0.15, 0.2) is 0 Å². The molecule has 0 aliphatic carbocycles. The second-order valence-electron chi connectivity index (χ2n) is 6.31. The topological polar surface area (TPSA) is 64.3 Å². The van der Waals surface area contributed by atoms with Crippen LogP contribution >= 0.6 is 34.5 Å². The lowest BCUT2D eigenvalue weighted by atomic mass is 10.1. The Morgan fingerprint density at radius 1 is 1.07 bits per heavy atom. The summed E-state index contributed by atoms with van der Waals surface area (Å²) in [6, 6.07) is 12.9. The van der Waals surface area contributed by atoms with E-state index < -0.39 is 5.56 Å². The molecule has 0 unspecified atom stereocenters. The summed E-state index contributed by atoms with van der Waals surface area (Å²) in [4.78, 5) is 29.4. The molecule has 0 radical (unpaired) electrons. The summed E-state index contributed by atoms with van der Waals surface area (Å²) in [7, 11) is 0. The lowest BCUT2D eigenvalue weighted by molar-refractivity contribution is 0.811. The number of aromatic nitrogens is 3. The fourth-order valence-corrected chi connectivity index (χ4v) is 3.92. The molecule has 2 aromatic heterocycles. The maximum Gasteiger partial charge on any atom is 0.296 e. The normalized spacial score (nSPS) is 12.0. The Kier molecular flexibility index (Phi) is 5.02. The molecule has 28 heavy (non-hydrogen) atoms. The van der Waals surface area contributed by atoms with Crippen molar-refractivity contribution in [1.82, 2.24) is 14.6 Å². The van der Waals surface area contributed by atoms with Crippen molar-refractivity contribution in [2.45, 2.75) is 13.3 Å². The van der Waals surface area contributed by atoms with Crippen LogP contribution in [0.3, 0.4) is 0 Å². The Morgan fingerprint density at radius 2 is 1.82 bits per heavy atom. The molecule has 140 valence electrons. The van der Waals surface area contributed by atoms with Crippen molar-refractivity contribution in [1.29, 1.82) is 0 Å². The highest BCUT2D eigenvalue weighted by Gasteiger charge is 2.12. The van der Waals surface area contributed by atoms with E-state index >= 15 is 0 Å². The van der Waals surface area contributed by atoms with Crippen LogP contribution in [-0.4, -0.2) is 14.6 Å². The predicted molar refractivity (Wildman–Crippen MR) is 113 cm³/mol. The number of benzene rings is 2. The molecule has 0 N–H and O–H groups in total. The van der Waals surface area contributed by atoms with E-state index in [0.29, 0.717) is 21.0 Å². The first kappa shape index (κ1) is 18.8. The predicted octanol–water partition coefficient (Wildman–Crippen LogP) is 3.26. The van der Waals surface area contributed by atoms with Crippen LogP contribution < -0.4 is 15.7 Å². The monoisotopic (exact) mass is 429 g/mol. The molecule has 8 heteroatoms. The van der Waals surface area contributed by atoms with Crippen LogP contribution in [0.2, 0.25) is 10.0 Å². The first-order chi connectivity index (χ1) is 13.4. The van der Waals surface area contributed by atoms with E-state index in [9.17, 15) is 9.59 Å². The molecule has 0 atom stereocenters. The van der Waals surface area contributed by atoms with Gasteiger partial charge in [0.05, 0.1) is 14.6 Å². The van der Waals surface area contributed by atoms with Crippen LogP contribution in [0.25, 0.3) is 11.0 Å². The molecule has 5 nitrogen and oxygen atoms in total. The maximum atomic E-state index is 12.7. The van der Waals surface area contributed by atoms with Crippen molar-refractivity contribution >= 4 is 45.6 Å². The zero-order valence-electron chi connectivity index (χ0n) is 14.6. The number of rotatable bonds is 3. The van der Waals surface area contributed by atoms with Crippen LogP contribution in [0.15, 0.2) is 52.1 Å². The molecule has 0 fully saturated rings. The summed E-state index contributed by atoms with van der Waals surface area (Å²) in [6.45, 7) is 1.99. The molecule has 0 spiro atoms. The molecular formula is C20H13Cl2N3O2S. The van der Waals surface area contributed by atoms with E-state index in [0.717, 1.165) is 28.0 Å². The van der Waals surface area contributed by atoms with Gasteiger partial charge in [0.2, 0.25) is 4.96 Å². The molecule has 2 aromatic carbocycles. The fourth-order valence-electron chi connectivity index (χ4n) is 2.70. The van der Waals surface area contributed by atoms with E-state index in [1.165, 1.54) is 4.52 Å². The Labute approximate surface area is 173 Å². The summed E-state index contributed by atoms with van der Waals surface area (Å²) in [5.74, 6) is 0. The maximum absolute atomic E-state index is 12.7. The Morgan fingerprint density at radius 3 is 2.54 bits per heavy atom. The lowest BCUT2D eigenvalue weighted by Gasteiger charge is -2.01. The zero-order chi connectivity index (χ0) is 19.8. The van der Waals surface area contributed by atoms with E-state index in [4.69, 9.17) is 23.2 Å². The average molecular weight is 430 g/mol. The van der Waals surface area contributed by atoms with Gasteiger partial charge in [0.25, 0.3) is 11.1 Å². The van der Waals surface area contributed by atoms with Crippen molar-refractivity contribution in [3.05, 3.63) is 100 Å². The number of nitrogens with zero attached hydrogens (tertiary/aromatic N) is 3. The molecule has 0 aliphatic rings. The minimum atomic E-state index is -0.428. The molecular weight excluding hydrogens is 417 g/mol. The Bertz CT molecular complexity index is 1360. The van der Waals surface area contributed by atoms with Crippen molar-refractivity contribution in [3.63, 3.8) is 0 Å². The largest absolute Gasteiger partial charge is 0.296 e. The third-order valence-corrected chi connectivity index (χ3v) is 5.88.